The average Bonchev–Trinajstić information content (AvgIpc) is 2.29. The fraction of sp³-hybridized carbons (Fsp3) is 0.0769. The van der Waals surface area contributed by atoms with Crippen molar-refractivity contribution in [3.05, 3.63) is 52.7 Å². The van der Waals surface area contributed by atoms with E-state index in [4.69, 9.17) is 4.74 Å². The Hall–Kier alpha value is -1.28. The molecule has 0 aliphatic rings. The minimum absolute atomic E-state index is 1.11. The molecule has 0 aliphatic carbocycles. The Kier molecular flexibility index (Phi) is 3.07. The van der Waals surface area contributed by atoms with E-state index in [-0.39, 0.29) is 0 Å². The molecule has 0 bridgehead atoms. The lowest BCUT2D eigenvalue weighted by molar-refractivity contribution is 0.341. The van der Waals surface area contributed by atoms with Crippen LogP contribution in [0.2, 0.25) is 0 Å². The van der Waals surface area contributed by atoms with Crippen LogP contribution in [-0.4, -0.2) is 7.11 Å². The summed E-state index contributed by atoms with van der Waals surface area (Å²) in [6.45, 7) is 0. The second-order valence-electron chi connectivity index (χ2n) is 3.23. The molecule has 76 valence electrons. The van der Waals surface area contributed by atoms with Gasteiger partial charge in [0.25, 0.3) is 0 Å². The molecule has 2 aromatic carbocycles. The molecule has 0 saturated carbocycles. The standard InChI is InChI=1S/C13H11BrO/c1-15-9-8-11-7-6-10-4-2-3-5-12(10)13(11)14/h2-9H,1H3. The summed E-state index contributed by atoms with van der Waals surface area (Å²) in [7, 11) is 1.64. The number of halogens is 1. The van der Waals surface area contributed by atoms with E-state index in [2.05, 4.69) is 40.2 Å². The van der Waals surface area contributed by atoms with Crippen molar-refractivity contribution < 1.29 is 4.74 Å². The lowest BCUT2D eigenvalue weighted by Crippen LogP contribution is -1.79. The van der Waals surface area contributed by atoms with Gasteiger partial charge in [0.2, 0.25) is 0 Å². The van der Waals surface area contributed by atoms with E-state index in [1.54, 1.807) is 13.4 Å². The molecule has 2 rings (SSSR count). The fourth-order valence-corrected chi connectivity index (χ4v) is 2.15. The van der Waals surface area contributed by atoms with Gasteiger partial charge in [0.1, 0.15) is 0 Å². The molecule has 0 N–H and O–H groups in total. The van der Waals surface area contributed by atoms with E-state index >= 15 is 0 Å². The fourth-order valence-electron chi connectivity index (χ4n) is 1.52. The number of ether oxygens (including phenoxy) is 1. The SMILES string of the molecule is COC=Cc1ccc2ccccc2c1Br. The first-order chi connectivity index (χ1) is 7.33. The summed E-state index contributed by atoms with van der Waals surface area (Å²) in [5.74, 6) is 0. The van der Waals surface area contributed by atoms with Crippen LogP contribution in [0.4, 0.5) is 0 Å². The molecule has 0 unspecified atom stereocenters. The van der Waals surface area contributed by atoms with Crippen molar-refractivity contribution >= 4 is 32.8 Å². The summed E-state index contributed by atoms with van der Waals surface area (Å²) in [5, 5.41) is 2.45. The normalized spacial score (nSPS) is 11.1. The van der Waals surface area contributed by atoms with Gasteiger partial charge in [-0.2, -0.15) is 0 Å². The van der Waals surface area contributed by atoms with Gasteiger partial charge in [0, 0.05) is 4.47 Å². The van der Waals surface area contributed by atoms with Crippen LogP contribution in [0.3, 0.4) is 0 Å². The van der Waals surface area contributed by atoms with Gasteiger partial charge in [0.15, 0.2) is 0 Å². The highest BCUT2D eigenvalue weighted by Crippen LogP contribution is 2.28. The summed E-state index contributed by atoms with van der Waals surface area (Å²) < 4.78 is 6.02. The largest absolute Gasteiger partial charge is 0.504 e. The lowest BCUT2D eigenvalue weighted by Gasteiger charge is -2.03. The average molecular weight is 263 g/mol. The summed E-state index contributed by atoms with van der Waals surface area (Å²) in [6.07, 6.45) is 3.62. The third kappa shape index (κ3) is 2.05. The highest BCUT2D eigenvalue weighted by atomic mass is 79.9. The quantitative estimate of drug-likeness (QED) is 0.737. The molecule has 0 atom stereocenters. The van der Waals surface area contributed by atoms with Crippen molar-refractivity contribution in [2.45, 2.75) is 0 Å². The van der Waals surface area contributed by atoms with Crippen molar-refractivity contribution in [2.24, 2.45) is 0 Å². The Morgan fingerprint density at radius 1 is 1.13 bits per heavy atom. The maximum absolute atomic E-state index is 4.91. The molecule has 2 aromatic rings. The van der Waals surface area contributed by atoms with Crippen LogP contribution in [0.5, 0.6) is 0 Å². The molecule has 15 heavy (non-hydrogen) atoms. The maximum Gasteiger partial charge on any atom is 0.0830 e. The Morgan fingerprint density at radius 2 is 1.93 bits per heavy atom. The molecule has 2 heteroatoms. The molecule has 0 saturated heterocycles. The lowest BCUT2D eigenvalue weighted by atomic mass is 10.1. The van der Waals surface area contributed by atoms with E-state index in [1.165, 1.54) is 10.8 Å². The predicted molar refractivity (Wildman–Crippen MR) is 67.7 cm³/mol. The van der Waals surface area contributed by atoms with Gasteiger partial charge in [-0.15, -0.1) is 0 Å². The zero-order valence-electron chi connectivity index (χ0n) is 8.41. The van der Waals surface area contributed by atoms with Crippen LogP contribution < -0.4 is 0 Å². The summed E-state index contributed by atoms with van der Waals surface area (Å²) >= 11 is 3.61. The number of hydrogen-bond donors (Lipinski definition) is 0. The van der Waals surface area contributed by atoms with E-state index in [9.17, 15) is 0 Å². The van der Waals surface area contributed by atoms with Crippen LogP contribution >= 0.6 is 15.9 Å². The Bertz CT molecular complexity index is 503. The highest BCUT2D eigenvalue weighted by Gasteiger charge is 2.01. The maximum atomic E-state index is 4.91. The smallest absolute Gasteiger partial charge is 0.0830 e. The topological polar surface area (TPSA) is 9.23 Å². The van der Waals surface area contributed by atoms with Crippen molar-refractivity contribution in [2.75, 3.05) is 7.11 Å². The van der Waals surface area contributed by atoms with Crippen molar-refractivity contribution in [1.82, 2.24) is 0 Å². The monoisotopic (exact) mass is 262 g/mol. The van der Waals surface area contributed by atoms with Crippen molar-refractivity contribution in [3.8, 4) is 0 Å². The highest BCUT2D eigenvalue weighted by molar-refractivity contribution is 9.10. The van der Waals surface area contributed by atoms with Gasteiger partial charge in [-0.25, -0.2) is 0 Å². The van der Waals surface area contributed by atoms with Crippen LogP contribution in [0.15, 0.2) is 47.1 Å². The van der Waals surface area contributed by atoms with E-state index in [0.29, 0.717) is 0 Å². The molecule has 0 aromatic heterocycles. The van der Waals surface area contributed by atoms with Gasteiger partial charge in [-0.05, 0) is 38.3 Å². The molecule has 0 aliphatic heterocycles. The molecule has 1 nitrogen and oxygen atoms in total. The van der Waals surface area contributed by atoms with Gasteiger partial charge < -0.3 is 4.74 Å². The first-order valence-corrected chi connectivity index (χ1v) is 5.49. The third-order valence-electron chi connectivity index (χ3n) is 2.28. The molecular formula is C13H11BrO. The van der Waals surface area contributed by atoms with Gasteiger partial charge in [-0.3, -0.25) is 0 Å². The molecular weight excluding hydrogens is 252 g/mol. The summed E-state index contributed by atoms with van der Waals surface area (Å²) in [4.78, 5) is 0. The van der Waals surface area contributed by atoms with E-state index < -0.39 is 0 Å². The number of methoxy groups -OCH3 is 1. The van der Waals surface area contributed by atoms with Crippen molar-refractivity contribution in [3.63, 3.8) is 0 Å². The zero-order chi connectivity index (χ0) is 10.7. The second kappa shape index (κ2) is 4.49. The molecule has 0 fully saturated rings. The van der Waals surface area contributed by atoms with Crippen LogP contribution in [0.25, 0.3) is 16.8 Å². The van der Waals surface area contributed by atoms with Gasteiger partial charge in [-0.1, -0.05) is 36.4 Å². The Labute approximate surface area is 97.5 Å². The Balaban J connectivity index is 2.60. The zero-order valence-corrected chi connectivity index (χ0v) is 9.99. The molecule has 0 spiro atoms. The minimum Gasteiger partial charge on any atom is -0.504 e. The van der Waals surface area contributed by atoms with Crippen LogP contribution in [-0.2, 0) is 4.74 Å². The first-order valence-electron chi connectivity index (χ1n) is 4.69. The van der Waals surface area contributed by atoms with Crippen molar-refractivity contribution in [1.29, 1.82) is 0 Å². The van der Waals surface area contributed by atoms with E-state index in [1.807, 2.05) is 18.2 Å². The van der Waals surface area contributed by atoms with Gasteiger partial charge >= 0.3 is 0 Å². The van der Waals surface area contributed by atoms with E-state index in [0.717, 1.165) is 10.0 Å². The predicted octanol–water partition coefficient (Wildman–Crippen LogP) is 4.22. The third-order valence-corrected chi connectivity index (χ3v) is 3.16. The second-order valence-corrected chi connectivity index (χ2v) is 4.02. The van der Waals surface area contributed by atoms with Crippen LogP contribution in [0.1, 0.15) is 5.56 Å². The molecule has 0 heterocycles. The molecule has 0 amide bonds. The number of fused-ring (bicyclic) bond motifs is 1. The van der Waals surface area contributed by atoms with Gasteiger partial charge in [0.05, 0.1) is 13.4 Å². The summed E-state index contributed by atoms with van der Waals surface area (Å²) in [5.41, 5.74) is 1.12. The molecule has 0 radical (unpaired) electrons. The number of benzene rings is 2. The summed E-state index contributed by atoms with van der Waals surface area (Å²) in [6, 6.07) is 12.5. The first kappa shape index (κ1) is 10.2. The number of hydrogen-bond acceptors (Lipinski definition) is 1. The number of rotatable bonds is 2. The minimum atomic E-state index is 1.11. The van der Waals surface area contributed by atoms with Crippen LogP contribution in [0, 0.1) is 0 Å². The Morgan fingerprint density at radius 3 is 2.73 bits per heavy atom.